The lowest BCUT2D eigenvalue weighted by Crippen LogP contribution is -2.13. The molecule has 0 radical (unpaired) electrons. The summed E-state index contributed by atoms with van der Waals surface area (Å²) in [6.07, 6.45) is 5.19. The van der Waals surface area contributed by atoms with Crippen LogP contribution in [0.15, 0.2) is 48.8 Å². The van der Waals surface area contributed by atoms with Crippen molar-refractivity contribution in [2.24, 2.45) is 5.92 Å². The van der Waals surface area contributed by atoms with Gasteiger partial charge in [0.15, 0.2) is 5.78 Å². The molecule has 3 rings (SSSR count). The van der Waals surface area contributed by atoms with Crippen LogP contribution >= 0.6 is 0 Å². The summed E-state index contributed by atoms with van der Waals surface area (Å²) in [4.78, 5) is 27.6. The Bertz CT molecular complexity index is 664. The number of Topliss-reactive ketones (excluding diaryl/α,β-unsaturated/α-hetero) is 1. The van der Waals surface area contributed by atoms with Gasteiger partial charge in [0.1, 0.15) is 12.4 Å². The average molecular weight is 296 g/mol. The van der Waals surface area contributed by atoms with Crippen LogP contribution < -0.4 is 10.1 Å². The van der Waals surface area contributed by atoms with Crippen molar-refractivity contribution in [2.75, 3.05) is 11.9 Å². The number of pyridine rings is 1. The van der Waals surface area contributed by atoms with Crippen molar-refractivity contribution in [3.8, 4) is 5.75 Å². The van der Waals surface area contributed by atoms with Crippen LogP contribution in [0.4, 0.5) is 5.69 Å². The number of carbonyl (C=O) groups is 2. The van der Waals surface area contributed by atoms with Crippen LogP contribution in [-0.4, -0.2) is 23.3 Å². The molecule has 1 saturated carbocycles. The Hall–Kier alpha value is -2.69. The lowest BCUT2D eigenvalue weighted by atomic mass is 10.2. The number of nitrogens with zero attached hydrogens (tertiary/aromatic N) is 1. The summed E-state index contributed by atoms with van der Waals surface area (Å²) < 4.78 is 5.43. The highest BCUT2D eigenvalue weighted by Crippen LogP contribution is 2.29. The molecular formula is C17H16N2O3. The standard InChI is InChI=1S/C17H16N2O3/c20-16(12-3-4-12)11-22-15-7-5-13(6-8-15)17(21)19-14-2-1-9-18-10-14/h1-2,5-10,12H,3-4,11H2,(H,19,21). The molecule has 1 N–H and O–H groups in total. The third-order valence-corrected chi connectivity index (χ3v) is 3.45. The van der Waals surface area contributed by atoms with Crippen LogP contribution in [0.3, 0.4) is 0 Å². The molecule has 0 spiro atoms. The lowest BCUT2D eigenvalue weighted by Gasteiger charge is -2.07. The molecule has 5 nitrogen and oxygen atoms in total. The molecule has 0 aliphatic heterocycles. The van der Waals surface area contributed by atoms with E-state index in [1.165, 1.54) is 0 Å². The first-order valence-electron chi connectivity index (χ1n) is 7.19. The Labute approximate surface area is 128 Å². The normalized spacial score (nSPS) is 13.5. The molecule has 1 aliphatic carbocycles. The van der Waals surface area contributed by atoms with Crippen LogP contribution in [0.1, 0.15) is 23.2 Å². The molecule has 1 aliphatic rings. The van der Waals surface area contributed by atoms with Gasteiger partial charge in [0, 0.05) is 17.7 Å². The maximum absolute atomic E-state index is 12.1. The molecular weight excluding hydrogens is 280 g/mol. The fourth-order valence-corrected chi connectivity index (χ4v) is 2.02. The summed E-state index contributed by atoms with van der Waals surface area (Å²) in [5.41, 5.74) is 1.16. The quantitative estimate of drug-likeness (QED) is 0.890. The summed E-state index contributed by atoms with van der Waals surface area (Å²) in [7, 11) is 0. The van der Waals surface area contributed by atoms with E-state index in [-0.39, 0.29) is 24.2 Å². The highest BCUT2D eigenvalue weighted by Gasteiger charge is 2.29. The maximum Gasteiger partial charge on any atom is 0.255 e. The van der Waals surface area contributed by atoms with Gasteiger partial charge in [-0.3, -0.25) is 14.6 Å². The van der Waals surface area contributed by atoms with Crippen molar-refractivity contribution in [3.05, 3.63) is 54.4 Å². The van der Waals surface area contributed by atoms with Gasteiger partial charge in [0.05, 0.1) is 11.9 Å². The number of ketones is 1. The Balaban J connectivity index is 1.56. The molecule has 1 amide bonds. The highest BCUT2D eigenvalue weighted by atomic mass is 16.5. The number of aromatic nitrogens is 1. The number of ether oxygens (including phenoxy) is 1. The van der Waals surface area contributed by atoms with Gasteiger partial charge in [-0.15, -0.1) is 0 Å². The number of hydrogen-bond donors (Lipinski definition) is 1. The molecule has 5 heteroatoms. The molecule has 112 valence electrons. The van der Waals surface area contributed by atoms with E-state index >= 15 is 0 Å². The van der Waals surface area contributed by atoms with E-state index in [0.29, 0.717) is 17.0 Å². The fraction of sp³-hybridized carbons (Fsp3) is 0.235. The van der Waals surface area contributed by atoms with E-state index in [9.17, 15) is 9.59 Å². The number of rotatable bonds is 6. The van der Waals surface area contributed by atoms with E-state index in [1.54, 1.807) is 48.8 Å². The number of anilines is 1. The highest BCUT2D eigenvalue weighted by molar-refractivity contribution is 6.04. The number of nitrogens with one attached hydrogen (secondary N) is 1. The molecule has 1 fully saturated rings. The average Bonchev–Trinajstić information content (AvgIpc) is 3.39. The lowest BCUT2D eigenvalue weighted by molar-refractivity contribution is -0.122. The SMILES string of the molecule is O=C(Nc1cccnc1)c1ccc(OCC(=O)C2CC2)cc1. The Kier molecular flexibility index (Phi) is 4.14. The van der Waals surface area contributed by atoms with Gasteiger partial charge < -0.3 is 10.1 Å². The molecule has 2 aromatic rings. The van der Waals surface area contributed by atoms with Crippen molar-refractivity contribution in [1.29, 1.82) is 0 Å². The summed E-state index contributed by atoms with van der Waals surface area (Å²) in [6.45, 7) is 0.103. The first-order chi connectivity index (χ1) is 10.7. The number of benzene rings is 1. The molecule has 1 aromatic carbocycles. The van der Waals surface area contributed by atoms with Gasteiger partial charge in [-0.05, 0) is 49.2 Å². The monoisotopic (exact) mass is 296 g/mol. The zero-order valence-corrected chi connectivity index (χ0v) is 12.0. The summed E-state index contributed by atoms with van der Waals surface area (Å²) in [5.74, 6) is 0.725. The van der Waals surface area contributed by atoms with Gasteiger partial charge >= 0.3 is 0 Å². The molecule has 0 saturated heterocycles. The van der Waals surface area contributed by atoms with Gasteiger partial charge in [-0.2, -0.15) is 0 Å². The number of amides is 1. The molecule has 0 unspecified atom stereocenters. The third-order valence-electron chi connectivity index (χ3n) is 3.45. The largest absolute Gasteiger partial charge is 0.486 e. The Morgan fingerprint density at radius 2 is 1.95 bits per heavy atom. The minimum absolute atomic E-state index is 0.103. The second-order valence-corrected chi connectivity index (χ2v) is 5.25. The molecule has 22 heavy (non-hydrogen) atoms. The van der Waals surface area contributed by atoms with Crippen molar-refractivity contribution in [1.82, 2.24) is 4.98 Å². The summed E-state index contributed by atoms with van der Waals surface area (Å²) >= 11 is 0. The van der Waals surface area contributed by atoms with Crippen LogP contribution in [0.25, 0.3) is 0 Å². The van der Waals surface area contributed by atoms with Crippen molar-refractivity contribution in [2.45, 2.75) is 12.8 Å². The Morgan fingerprint density at radius 1 is 1.18 bits per heavy atom. The zero-order valence-electron chi connectivity index (χ0n) is 12.0. The second-order valence-electron chi connectivity index (χ2n) is 5.25. The zero-order chi connectivity index (χ0) is 15.4. The minimum atomic E-state index is -0.214. The van der Waals surface area contributed by atoms with Gasteiger partial charge in [-0.1, -0.05) is 0 Å². The smallest absolute Gasteiger partial charge is 0.255 e. The second kappa shape index (κ2) is 6.39. The Morgan fingerprint density at radius 3 is 2.59 bits per heavy atom. The van der Waals surface area contributed by atoms with Gasteiger partial charge in [-0.25, -0.2) is 0 Å². The predicted molar refractivity (Wildman–Crippen MR) is 81.9 cm³/mol. The van der Waals surface area contributed by atoms with Crippen molar-refractivity contribution >= 4 is 17.4 Å². The van der Waals surface area contributed by atoms with Gasteiger partial charge in [0.25, 0.3) is 5.91 Å². The summed E-state index contributed by atoms with van der Waals surface area (Å²) in [5, 5.41) is 2.75. The molecule has 1 aromatic heterocycles. The molecule has 0 bridgehead atoms. The fourth-order valence-electron chi connectivity index (χ4n) is 2.02. The van der Waals surface area contributed by atoms with E-state index in [4.69, 9.17) is 4.74 Å². The first kappa shape index (κ1) is 14.3. The molecule has 0 atom stereocenters. The number of carbonyl (C=O) groups excluding carboxylic acids is 2. The van der Waals surface area contributed by atoms with E-state index in [1.807, 2.05) is 0 Å². The summed E-state index contributed by atoms with van der Waals surface area (Å²) in [6, 6.07) is 10.2. The van der Waals surface area contributed by atoms with E-state index < -0.39 is 0 Å². The van der Waals surface area contributed by atoms with Crippen LogP contribution in [0.5, 0.6) is 5.75 Å². The van der Waals surface area contributed by atoms with Crippen molar-refractivity contribution in [3.63, 3.8) is 0 Å². The topological polar surface area (TPSA) is 68.3 Å². The van der Waals surface area contributed by atoms with Crippen molar-refractivity contribution < 1.29 is 14.3 Å². The predicted octanol–water partition coefficient (Wildman–Crippen LogP) is 2.69. The van der Waals surface area contributed by atoms with E-state index in [2.05, 4.69) is 10.3 Å². The third kappa shape index (κ3) is 3.69. The van der Waals surface area contributed by atoms with E-state index in [0.717, 1.165) is 12.8 Å². The first-order valence-corrected chi connectivity index (χ1v) is 7.19. The molecule has 1 heterocycles. The van der Waals surface area contributed by atoms with Crippen LogP contribution in [-0.2, 0) is 4.79 Å². The van der Waals surface area contributed by atoms with Gasteiger partial charge in [0.2, 0.25) is 0 Å². The number of hydrogen-bond acceptors (Lipinski definition) is 4. The van der Waals surface area contributed by atoms with Crippen LogP contribution in [0, 0.1) is 5.92 Å². The maximum atomic E-state index is 12.1. The minimum Gasteiger partial charge on any atom is -0.486 e. The van der Waals surface area contributed by atoms with Crippen LogP contribution in [0.2, 0.25) is 0 Å².